The topological polar surface area (TPSA) is 93.0 Å². The lowest BCUT2D eigenvalue weighted by Gasteiger charge is -2.27. The number of hydrogen-bond acceptors (Lipinski definition) is 5. The lowest BCUT2D eigenvalue weighted by atomic mass is 10.0. The Balaban J connectivity index is 1.81. The molecule has 8 heteroatoms. The molecule has 1 atom stereocenters. The summed E-state index contributed by atoms with van der Waals surface area (Å²) in [5, 5.41) is 10.9. The molecule has 0 saturated heterocycles. The molecule has 0 fully saturated rings. The molecule has 2 amide bonds. The van der Waals surface area contributed by atoms with Crippen LogP contribution in [0.3, 0.4) is 0 Å². The van der Waals surface area contributed by atoms with Crippen LogP contribution in [0.25, 0.3) is 0 Å². The fourth-order valence-electron chi connectivity index (χ4n) is 2.67. The zero-order chi connectivity index (χ0) is 17.3. The van der Waals surface area contributed by atoms with E-state index in [1.165, 1.54) is 9.58 Å². The van der Waals surface area contributed by atoms with Crippen LogP contribution in [0.5, 0.6) is 0 Å². The van der Waals surface area contributed by atoms with E-state index in [-0.39, 0.29) is 35.2 Å². The van der Waals surface area contributed by atoms with Crippen molar-refractivity contribution >= 4 is 11.8 Å². The van der Waals surface area contributed by atoms with Crippen LogP contribution in [0.4, 0.5) is 0 Å². The molecule has 1 N–H and O–H groups in total. The van der Waals surface area contributed by atoms with Crippen molar-refractivity contribution in [2.75, 3.05) is 7.05 Å². The molecule has 0 spiro atoms. The standard InChI is InChI=1S/C16H20N6O2/c1-10(2)12-9-22-14(15(23)18-12)13(19-20-22)16(24)21(3)8-11-5-4-6-17-7-11/h4-7,10,12H,8-9H2,1-3H3,(H,18,23)/t12-/m1/s1. The van der Waals surface area contributed by atoms with Gasteiger partial charge in [-0.15, -0.1) is 5.10 Å². The molecule has 1 aliphatic rings. The molecule has 1 aliphatic heterocycles. The number of nitrogens with zero attached hydrogens (tertiary/aromatic N) is 5. The Labute approximate surface area is 139 Å². The van der Waals surface area contributed by atoms with Crippen molar-refractivity contribution in [3.63, 3.8) is 0 Å². The molecule has 0 bridgehead atoms. The van der Waals surface area contributed by atoms with Gasteiger partial charge in [0.2, 0.25) is 0 Å². The summed E-state index contributed by atoms with van der Waals surface area (Å²) in [6.07, 6.45) is 3.38. The summed E-state index contributed by atoms with van der Waals surface area (Å²) in [5.74, 6) is -0.361. The Morgan fingerprint density at radius 1 is 1.50 bits per heavy atom. The minimum atomic E-state index is -0.335. The second-order valence-electron chi connectivity index (χ2n) is 6.32. The average Bonchev–Trinajstić information content (AvgIpc) is 2.99. The predicted octanol–water partition coefficient (Wildman–Crippen LogP) is 0.713. The van der Waals surface area contributed by atoms with Gasteiger partial charge in [-0.3, -0.25) is 14.6 Å². The number of fused-ring (bicyclic) bond motifs is 1. The van der Waals surface area contributed by atoms with Crippen LogP contribution in [0.1, 0.15) is 40.4 Å². The maximum atomic E-state index is 12.7. The van der Waals surface area contributed by atoms with Gasteiger partial charge in [-0.05, 0) is 17.5 Å². The fraction of sp³-hybridized carbons (Fsp3) is 0.438. The largest absolute Gasteiger partial charge is 0.346 e. The third-order valence-electron chi connectivity index (χ3n) is 4.13. The van der Waals surface area contributed by atoms with Gasteiger partial charge in [-0.1, -0.05) is 25.1 Å². The van der Waals surface area contributed by atoms with Gasteiger partial charge in [0.1, 0.15) is 0 Å². The minimum Gasteiger partial charge on any atom is -0.346 e. The van der Waals surface area contributed by atoms with E-state index in [0.29, 0.717) is 13.1 Å². The second-order valence-corrected chi connectivity index (χ2v) is 6.32. The molecule has 3 rings (SSSR count). The van der Waals surface area contributed by atoms with Crippen molar-refractivity contribution < 1.29 is 9.59 Å². The molecule has 126 valence electrons. The van der Waals surface area contributed by atoms with E-state index >= 15 is 0 Å². The Morgan fingerprint density at radius 2 is 2.29 bits per heavy atom. The number of aromatic nitrogens is 4. The summed E-state index contributed by atoms with van der Waals surface area (Å²) in [6.45, 7) is 4.96. The quantitative estimate of drug-likeness (QED) is 0.892. The Morgan fingerprint density at radius 3 is 2.96 bits per heavy atom. The van der Waals surface area contributed by atoms with Crippen LogP contribution < -0.4 is 5.32 Å². The Kier molecular flexibility index (Phi) is 4.28. The molecular formula is C16H20N6O2. The van der Waals surface area contributed by atoms with Gasteiger partial charge >= 0.3 is 0 Å². The van der Waals surface area contributed by atoms with E-state index in [2.05, 4.69) is 20.6 Å². The Hall–Kier alpha value is -2.77. The molecule has 24 heavy (non-hydrogen) atoms. The zero-order valence-corrected chi connectivity index (χ0v) is 13.9. The summed E-state index contributed by atoms with van der Waals surface area (Å²) in [6, 6.07) is 3.69. The van der Waals surface area contributed by atoms with Gasteiger partial charge in [0.05, 0.1) is 12.6 Å². The third-order valence-corrected chi connectivity index (χ3v) is 4.13. The van der Waals surface area contributed by atoms with E-state index in [1.54, 1.807) is 19.4 Å². The number of carbonyl (C=O) groups excluding carboxylic acids is 2. The van der Waals surface area contributed by atoms with Crippen molar-refractivity contribution in [1.82, 2.24) is 30.2 Å². The first-order chi connectivity index (χ1) is 11.5. The number of nitrogens with one attached hydrogen (secondary N) is 1. The summed E-state index contributed by atoms with van der Waals surface area (Å²) in [7, 11) is 1.67. The van der Waals surface area contributed by atoms with Crippen LogP contribution in [-0.2, 0) is 13.1 Å². The van der Waals surface area contributed by atoms with Crippen LogP contribution in [0.2, 0.25) is 0 Å². The van der Waals surface area contributed by atoms with Crippen LogP contribution in [0.15, 0.2) is 24.5 Å². The van der Waals surface area contributed by atoms with E-state index in [1.807, 2.05) is 26.0 Å². The lowest BCUT2D eigenvalue weighted by molar-refractivity contribution is 0.0765. The van der Waals surface area contributed by atoms with Crippen molar-refractivity contribution in [2.45, 2.75) is 33.0 Å². The molecule has 0 unspecified atom stereocenters. The van der Waals surface area contributed by atoms with Gasteiger partial charge in [0.15, 0.2) is 11.4 Å². The zero-order valence-electron chi connectivity index (χ0n) is 13.9. The summed E-state index contributed by atoms with van der Waals surface area (Å²) in [4.78, 5) is 30.6. The SMILES string of the molecule is CC(C)[C@H]1Cn2nnc(C(=O)N(C)Cc3cccnc3)c2C(=O)N1. The first-order valence-corrected chi connectivity index (χ1v) is 7.86. The highest BCUT2D eigenvalue weighted by Gasteiger charge is 2.33. The van der Waals surface area contributed by atoms with Gasteiger partial charge in [-0.2, -0.15) is 0 Å². The molecule has 0 aromatic carbocycles. The number of hydrogen-bond donors (Lipinski definition) is 1. The molecule has 0 aliphatic carbocycles. The van der Waals surface area contributed by atoms with Crippen molar-refractivity contribution in [3.05, 3.63) is 41.5 Å². The monoisotopic (exact) mass is 328 g/mol. The molecule has 2 aromatic rings. The molecular weight excluding hydrogens is 308 g/mol. The van der Waals surface area contributed by atoms with E-state index in [0.717, 1.165) is 5.56 Å². The maximum Gasteiger partial charge on any atom is 0.276 e. The number of amides is 2. The lowest BCUT2D eigenvalue weighted by Crippen LogP contribution is -2.48. The van der Waals surface area contributed by atoms with Crippen molar-refractivity contribution in [2.24, 2.45) is 5.92 Å². The van der Waals surface area contributed by atoms with E-state index in [4.69, 9.17) is 0 Å². The van der Waals surface area contributed by atoms with Gasteiger partial charge in [0.25, 0.3) is 11.8 Å². The van der Waals surface area contributed by atoms with E-state index < -0.39 is 0 Å². The predicted molar refractivity (Wildman–Crippen MR) is 86.1 cm³/mol. The van der Waals surface area contributed by atoms with Crippen molar-refractivity contribution in [1.29, 1.82) is 0 Å². The normalized spacial score (nSPS) is 16.7. The first-order valence-electron chi connectivity index (χ1n) is 7.86. The van der Waals surface area contributed by atoms with Crippen LogP contribution >= 0.6 is 0 Å². The third kappa shape index (κ3) is 2.99. The highest BCUT2D eigenvalue weighted by Crippen LogP contribution is 2.17. The Bertz CT molecular complexity index is 755. The molecule has 8 nitrogen and oxygen atoms in total. The van der Waals surface area contributed by atoms with Gasteiger partial charge in [0, 0.05) is 26.0 Å². The second kappa shape index (κ2) is 6.38. The number of carbonyl (C=O) groups is 2. The van der Waals surface area contributed by atoms with Gasteiger partial charge in [-0.25, -0.2) is 4.68 Å². The maximum absolute atomic E-state index is 12.7. The van der Waals surface area contributed by atoms with E-state index in [9.17, 15) is 9.59 Å². The highest BCUT2D eigenvalue weighted by molar-refractivity contribution is 6.05. The number of rotatable bonds is 4. The highest BCUT2D eigenvalue weighted by atomic mass is 16.2. The first kappa shape index (κ1) is 16.1. The fourth-order valence-corrected chi connectivity index (χ4v) is 2.67. The molecule has 2 aromatic heterocycles. The van der Waals surface area contributed by atoms with Gasteiger partial charge < -0.3 is 10.2 Å². The smallest absolute Gasteiger partial charge is 0.276 e. The summed E-state index contributed by atoms with van der Waals surface area (Å²) < 4.78 is 1.52. The van der Waals surface area contributed by atoms with Crippen LogP contribution in [-0.4, -0.2) is 49.8 Å². The molecule has 0 saturated carbocycles. The molecule has 0 radical (unpaired) electrons. The molecule has 3 heterocycles. The number of pyridine rings is 1. The summed E-state index contributed by atoms with van der Waals surface area (Å²) in [5.41, 5.74) is 1.22. The van der Waals surface area contributed by atoms with Crippen molar-refractivity contribution in [3.8, 4) is 0 Å². The van der Waals surface area contributed by atoms with Crippen LogP contribution in [0, 0.1) is 5.92 Å². The average molecular weight is 328 g/mol. The summed E-state index contributed by atoms with van der Waals surface area (Å²) >= 11 is 0. The minimum absolute atomic E-state index is 0.0113.